The van der Waals surface area contributed by atoms with Crippen molar-refractivity contribution >= 4 is 21.2 Å². The van der Waals surface area contributed by atoms with Crippen LogP contribution in [0.4, 0.5) is 0 Å². The quantitative estimate of drug-likeness (QED) is 0.139. The van der Waals surface area contributed by atoms with Crippen molar-refractivity contribution in [2.45, 2.75) is 64.9 Å². The van der Waals surface area contributed by atoms with Crippen LogP contribution in [-0.4, -0.2) is 29.7 Å². The molecular weight excluding hydrogens is 560 g/mol. The first kappa shape index (κ1) is 31.9. The predicted octanol–water partition coefficient (Wildman–Crippen LogP) is 7.66. The highest BCUT2D eigenvalue weighted by molar-refractivity contribution is 8.01. The van der Waals surface area contributed by atoms with Gasteiger partial charge in [-0.3, -0.25) is 9.35 Å². The number of carbonyl (C=O) groups excluding carboxylic acids is 2. The summed E-state index contributed by atoms with van der Waals surface area (Å²) >= 11 is 0. The highest BCUT2D eigenvalue weighted by Gasteiger charge is 2.45. The molecule has 0 fully saturated rings. The molecule has 0 aromatic heterocycles. The molecule has 4 aromatic carbocycles. The van der Waals surface area contributed by atoms with E-state index in [-0.39, 0.29) is 16.7 Å². The average molecular weight is 599 g/mol. The summed E-state index contributed by atoms with van der Waals surface area (Å²) in [6.45, 7) is 12.5. The molecule has 0 atom stereocenters. The van der Waals surface area contributed by atoms with Gasteiger partial charge < -0.3 is 4.74 Å². The van der Waals surface area contributed by atoms with Crippen molar-refractivity contribution < 1.29 is 27.3 Å². The molecule has 0 bridgehead atoms. The first-order valence-electron chi connectivity index (χ1n) is 14.1. The van der Waals surface area contributed by atoms with E-state index < -0.39 is 37.6 Å². The van der Waals surface area contributed by atoms with Crippen molar-refractivity contribution in [3.05, 3.63) is 142 Å². The Morgan fingerprint density at radius 2 is 1.09 bits per heavy atom. The molecule has 4 aromatic rings. The molecule has 0 aliphatic carbocycles. The van der Waals surface area contributed by atoms with Gasteiger partial charge in [-0.25, -0.2) is 4.79 Å². The van der Waals surface area contributed by atoms with Crippen molar-refractivity contribution in [3.8, 4) is 0 Å². The molecule has 0 spiro atoms. The first-order valence-corrected chi connectivity index (χ1v) is 15.5. The lowest BCUT2D eigenvalue weighted by molar-refractivity contribution is 0.00681. The molecule has 0 amide bonds. The molecular formula is C36H38O6S. The maximum atomic E-state index is 14.0. The maximum Gasteiger partial charge on any atom is 0.338 e. The van der Waals surface area contributed by atoms with Gasteiger partial charge in [-0.15, -0.1) is 0 Å². The van der Waals surface area contributed by atoms with Gasteiger partial charge in [0.2, 0.25) is 0 Å². The predicted molar refractivity (Wildman–Crippen MR) is 169 cm³/mol. The summed E-state index contributed by atoms with van der Waals surface area (Å²) in [5, 5.41) is -1.43. The largest absolute Gasteiger partial charge is 0.456 e. The Hall–Kier alpha value is -4.07. The van der Waals surface area contributed by atoms with Crippen LogP contribution in [0.5, 0.6) is 0 Å². The van der Waals surface area contributed by atoms with Crippen LogP contribution in [0.3, 0.4) is 0 Å². The van der Waals surface area contributed by atoms with E-state index in [1.807, 2.05) is 112 Å². The Kier molecular flexibility index (Phi) is 8.56. The van der Waals surface area contributed by atoms with E-state index in [0.29, 0.717) is 11.1 Å². The van der Waals surface area contributed by atoms with E-state index in [4.69, 9.17) is 4.74 Å². The van der Waals surface area contributed by atoms with Gasteiger partial charge in [0.05, 0.1) is 11.0 Å². The lowest BCUT2D eigenvalue weighted by Gasteiger charge is -2.40. The molecule has 0 saturated carbocycles. The third-order valence-corrected chi connectivity index (χ3v) is 8.09. The summed E-state index contributed by atoms with van der Waals surface area (Å²) in [6.07, 6.45) is 0. The van der Waals surface area contributed by atoms with E-state index in [1.165, 1.54) is 0 Å². The minimum absolute atomic E-state index is 0.170. The SMILES string of the molecule is Cc1c(C(=O)OC(C)(C)C)cc(C(c2ccccc2)(c2ccccc2)c2ccccc2)c(C(=O)S(=O)(=O)O)c1C(C)(C)C. The third-order valence-electron chi connectivity index (χ3n) is 7.42. The van der Waals surface area contributed by atoms with E-state index in [0.717, 1.165) is 16.7 Å². The molecule has 0 aliphatic rings. The van der Waals surface area contributed by atoms with Crippen LogP contribution in [-0.2, 0) is 25.7 Å². The van der Waals surface area contributed by atoms with Crippen molar-refractivity contribution in [3.63, 3.8) is 0 Å². The molecule has 1 N–H and O–H groups in total. The maximum absolute atomic E-state index is 14.0. The molecule has 6 nitrogen and oxygen atoms in total. The summed E-state index contributed by atoms with van der Waals surface area (Å²) < 4.78 is 41.6. The molecule has 43 heavy (non-hydrogen) atoms. The van der Waals surface area contributed by atoms with E-state index in [9.17, 15) is 22.6 Å². The van der Waals surface area contributed by atoms with Gasteiger partial charge in [-0.1, -0.05) is 112 Å². The number of hydrogen-bond donors (Lipinski definition) is 1. The van der Waals surface area contributed by atoms with Crippen molar-refractivity contribution in [2.24, 2.45) is 0 Å². The second kappa shape index (κ2) is 11.5. The highest BCUT2D eigenvalue weighted by Crippen LogP contribution is 2.49. The fourth-order valence-corrected chi connectivity index (χ4v) is 6.40. The second-order valence-corrected chi connectivity index (χ2v) is 14.0. The average Bonchev–Trinajstić information content (AvgIpc) is 2.93. The highest BCUT2D eigenvalue weighted by atomic mass is 32.2. The van der Waals surface area contributed by atoms with E-state index in [1.54, 1.807) is 33.8 Å². The summed E-state index contributed by atoms with van der Waals surface area (Å²) in [5.41, 5.74) is 0.277. The minimum atomic E-state index is -5.20. The third kappa shape index (κ3) is 6.19. The number of benzene rings is 4. The van der Waals surface area contributed by atoms with Gasteiger partial charge in [0, 0.05) is 5.56 Å². The number of esters is 1. The van der Waals surface area contributed by atoms with Crippen LogP contribution < -0.4 is 0 Å². The van der Waals surface area contributed by atoms with Crippen LogP contribution >= 0.6 is 0 Å². The molecule has 7 heteroatoms. The lowest BCUT2D eigenvalue weighted by atomic mass is 9.62. The summed E-state index contributed by atoms with van der Waals surface area (Å²) in [7, 11) is -5.20. The van der Waals surface area contributed by atoms with Crippen LogP contribution in [0.25, 0.3) is 0 Å². The normalized spacial score (nSPS) is 12.6. The van der Waals surface area contributed by atoms with Crippen molar-refractivity contribution in [1.29, 1.82) is 0 Å². The number of ether oxygens (including phenoxy) is 1. The molecule has 0 unspecified atom stereocenters. The minimum Gasteiger partial charge on any atom is -0.456 e. The second-order valence-electron chi connectivity index (χ2n) is 12.7. The van der Waals surface area contributed by atoms with Gasteiger partial charge >= 0.3 is 21.2 Å². The van der Waals surface area contributed by atoms with Gasteiger partial charge in [0.15, 0.2) is 0 Å². The molecule has 224 valence electrons. The molecule has 0 saturated heterocycles. The Balaban J connectivity index is 2.39. The van der Waals surface area contributed by atoms with Gasteiger partial charge in [0.25, 0.3) is 0 Å². The monoisotopic (exact) mass is 598 g/mol. The van der Waals surface area contributed by atoms with Crippen LogP contribution in [0.15, 0.2) is 97.1 Å². The smallest absolute Gasteiger partial charge is 0.338 e. The Labute approximate surface area is 254 Å². The standard InChI is InChI=1S/C36H38O6S/c1-24-28(32(37)42-35(5,6)7)23-29(30(31(24)34(2,3)4)33(38)43(39,40)41)36(25-17-11-8-12-18-25,26-19-13-9-14-20-26)27-21-15-10-16-22-27/h8-23H,1-7H3,(H,39,40,41). The van der Waals surface area contributed by atoms with E-state index >= 15 is 0 Å². The first-order chi connectivity index (χ1) is 20.0. The summed E-state index contributed by atoms with van der Waals surface area (Å²) in [5.74, 6) is -0.606. The molecule has 4 rings (SSSR count). The topological polar surface area (TPSA) is 97.7 Å². The van der Waals surface area contributed by atoms with Gasteiger partial charge in [-0.05, 0) is 72.6 Å². The number of carbonyl (C=O) groups is 2. The fourth-order valence-electron chi connectivity index (χ4n) is 5.93. The number of hydrogen-bond acceptors (Lipinski definition) is 5. The molecule has 0 heterocycles. The Morgan fingerprint density at radius 1 is 0.698 bits per heavy atom. The zero-order chi connectivity index (χ0) is 31.8. The van der Waals surface area contributed by atoms with Crippen LogP contribution in [0, 0.1) is 6.92 Å². The van der Waals surface area contributed by atoms with Crippen LogP contribution in [0.2, 0.25) is 0 Å². The zero-order valence-corrected chi connectivity index (χ0v) is 26.5. The molecule has 0 radical (unpaired) electrons. The van der Waals surface area contributed by atoms with Gasteiger partial charge in [0.1, 0.15) is 5.60 Å². The summed E-state index contributed by atoms with van der Waals surface area (Å²) in [4.78, 5) is 27.9. The van der Waals surface area contributed by atoms with E-state index in [2.05, 4.69) is 0 Å². The number of rotatable bonds is 6. The Bertz CT molecular complexity index is 1650. The Morgan fingerprint density at radius 3 is 1.42 bits per heavy atom. The van der Waals surface area contributed by atoms with Crippen LogP contribution in [0.1, 0.15) is 95.6 Å². The van der Waals surface area contributed by atoms with Crippen molar-refractivity contribution in [1.82, 2.24) is 0 Å². The summed E-state index contributed by atoms with van der Waals surface area (Å²) in [6, 6.07) is 29.9. The molecule has 0 aliphatic heterocycles. The fraction of sp³-hybridized carbons (Fsp3) is 0.278. The van der Waals surface area contributed by atoms with Crippen molar-refractivity contribution in [2.75, 3.05) is 0 Å². The van der Waals surface area contributed by atoms with Gasteiger partial charge in [-0.2, -0.15) is 8.42 Å². The zero-order valence-electron chi connectivity index (χ0n) is 25.6. The lowest BCUT2D eigenvalue weighted by Crippen LogP contribution is -2.37.